The van der Waals surface area contributed by atoms with Gasteiger partial charge in [0.1, 0.15) is 11.5 Å². The monoisotopic (exact) mass is 215 g/mol. The summed E-state index contributed by atoms with van der Waals surface area (Å²) >= 11 is 0. The van der Waals surface area contributed by atoms with Crippen molar-refractivity contribution < 1.29 is 18.0 Å². The number of aryl methyl sites for hydroxylation is 1. The van der Waals surface area contributed by atoms with Crippen molar-refractivity contribution in [3.05, 3.63) is 29.1 Å². The summed E-state index contributed by atoms with van der Waals surface area (Å²) in [5.74, 6) is -0.0469. The first-order chi connectivity index (χ1) is 6.97. The van der Waals surface area contributed by atoms with Crippen molar-refractivity contribution in [2.24, 2.45) is 0 Å². The number of ketones is 1. The van der Waals surface area contributed by atoms with E-state index in [0.29, 0.717) is 12.8 Å². The summed E-state index contributed by atoms with van der Waals surface area (Å²) in [5, 5.41) is 0. The van der Waals surface area contributed by atoms with E-state index in [1.54, 1.807) is 0 Å². The smallest absolute Gasteiger partial charge is 0.299 e. The maximum Gasteiger partial charge on any atom is 0.433 e. The Labute approximate surface area is 84.1 Å². The zero-order valence-electron chi connectivity index (χ0n) is 7.77. The lowest BCUT2D eigenvalue weighted by molar-refractivity contribution is -0.141. The summed E-state index contributed by atoms with van der Waals surface area (Å²) in [7, 11) is 0. The van der Waals surface area contributed by atoms with Crippen molar-refractivity contribution in [3.63, 3.8) is 0 Å². The lowest BCUT2D eigenvalue weighted by Crippen LogP contribution is -2.18. The average molecular weight is 215 g/mol. The number of aromatic nitrogens is 1. The van der Waals surface area contributed by atoms with Gasteiger partial charge in [0.25, 0.3) is 0 Å². The second-order valence-electron chi connectivity index (χ2n) is 3.52. The minimum atomic E-state index is -4.43. The largest absolute Gasteiger partial charge is 0.433 e. The molecule has 0 aliphatic heterocycles. The Kier molecular flexibility index (Phi) is 2.25. The predicted molar refractivity (Wildman–Crippen MR) is 46.3 cm³/mol. The summed E-state index contributed by atoms with van der Waals surface area (Å²) < 4.78 is 36.9. The highest BCUT2D eigenvalue weighted by atomic mass is 19.4. The highest BCUT2D eigenvalue weighted by Gasteiger charge is 2.33. The number of halogens is 3. The number of hydrogen-bond donors (Lipinski definition) is 0. The summed E-state index contributed by atoms with van der Waals surface area (Å²) in [6, 6.07) is 2.38. The topological polar surface area (TPSA) is 30.0 Å². The minimum Gasteiger partial charge on any atom is -0.299 e. The van der Waals surface area contributed by atoms with E-state index in [1.165, 1.54) is 6.07 Å². The van der Waals surface area contributed by atoms with Crippen LogP contribution in [-0.4, -0.2) is 10.8 Å². The molecule has 1 heterocycles. The molecule has 1 aromatic rings. The van der Waals surface area contributed by atoms with Crippen LogP contribution in [0.4, 0.5) is 13.2 Å². The molecule has 80 valence electrons. The highest BCUT2D eigenvalue weighted by Crippen LogP contribution is 2.29. The van der Waals surface area contributed by atoms with Crippen molar-refractivity contribution in [2.45, 2.75) is 25.4 Å². The molecule has 2 nitrogen and oxygen atoms in total. The number of hydrogen-bond acceptors (Lipinski definition) is 2. The van der Waals surface area contributed by atoms with Gasteiger partial charge in [-0.2, -0.15) is 13.2 Å². The second-order valence-corrected chi connectivity index (χ2v) is 3.52. The fourth-order valence-electron chi connectivity index (χ4n) is 1.62. The average Bonchev–Trinajstić information content (AvgIpc) is 2.15. The fourth-order valence-corrected chi connectivity index (χ4v) is 1.62. The van der Waals surface area contributed by atoms with Gasteiger partial charge in [0.2, 0.25) is 0 Å². The molecule has 15 heavy (non-hydrogen) atoms. The maximum atomic E-state index is 12.3. The highest BCUT2D eigenvalue weighted by molar-refractivity contribution is 5.82. The molecule has 0 saturated carbocycles. The number of alkyl halides is 3. The normalized spacial score (nSPS) is 16.3. The van der Waals surface area contributed by atoms with Crippen LogP contribution in [0.5, 0.6) is 0 Å². The quantitative estimate of drug-likeness (QED) is 0.663. The van der Waals surface area contributed by atoms with Gasteiger partial charge < -0.3 is 0 Å². The number of nitrogens with zero attached hydrogens (tertiary/aromatic N) is 1. The van der Waals surface area contributed by atoms with Gasteiger partial charge in [-0.05, 0) is 18.1 Å². The molecule has 0 aromatic carbocycles. The first-order valence-corrected chi connectivity index (χ1v) is 4.54. The van der Waals surface area contributed by atoms with Crippen LogP contribution in [0.25, 0.3) is 0 Å². The fraction of sp³-hybridized carbons (Fsp3) is 0.400. The van der Waals surface area contributed by atoms with E-state index in [2.05, 4.69) is 4.98 Å². The zero-order valence-corrected chi connectivity index (χ0v) is 7.77. The Balaban J connectivity index is 2.41. The maximum absolute atomic E-state index is 12.3. The number of rotatable bonds is 0. The summed E-state index contributed by atoms with van der Waals surface area (Å²) in [6.07, 6.45) is -3.51. The van der Waals surface area contributed by atoms with E-state index < -0.39 is 11.9 Å². The number of Topliss-reactive ketones (excluding diaryl/α,β-unsaturated/α-hetero) is 1. The molecule has 0 unspecified atom stereocenters. The lowest BCUT2D eigenvalue weighted by atomic mass is 9.95. The van der Waals surface area contributed by atoms with Gasteiger partial charge >= 0.3 is 6.18 Å². The van der Waals surface area contributed by atoms with Crippen LogP contribution >= 0.6 is 0 Å². The van der Waals surface area contributed by atoms with E-state index >= 15 is 0 Å². The van der Waals surface area contributed by atoms with Crippen LogP contribution in [-0.2, 0) is 23.8 Å². The molecule has 0 amide bonds. The third kappa shape index (κ3) is 2.00. The molecule has 1 aliphatic rings. The van der Waals surface area contributed by atoms with Crippen LogP contribution in [0.1, 0.15) is 23.4 Å². The molecule has 0 N–H and O–H groups in total. The minimum absolute atomic E-state index is 0.0270. The van der Waals surface area contributed by atoms with Crippen LogP contribution in [0, 0.1) is 0 Å². The first-order valence-electron chi connectivity index (χ1n) is 4.54. The number of carbonyl (C=O) groups excluding carboxylic acids is 1. The number of pyridine rings is 1. The van der Waals surface area contributed by atoms with Crippen LogP contribution in [0.15, 0.2) is 12.1 Å². The molecule has 0 atom stereocenters. The molecule has 2 rings (SSSR count). The van der Waals surface area contributed by atoms with Gasteiger partial charge in [0, 0.05) is 12.8 Å². The summed E-state index contributed by atoms with van der Waals surface area (Å²) in [4.78, 5) is 14.6. The summed E-state index contributed by atoms with van der Waals surface area (Å²) in [5.41, 5.74) is 0.111. The van der Waals surface area contributed by atoms with Gasteiger partial charge in [-0.25, -0.2) is 4.98 Å². The van der Waals surface area contributed by atoms with Gasteiger partial charge in [0.05, 0.1) is 5.69 Å². The van der Waals surface area contributed by atoms with Crippen molar-refractivity contribution in [2.75, 3.05) is 0 Å². The molecule has 0 radical (unpaired) electrons. The van der Waals surface area contributed by atoms with Crippen LogP contribution < -0.4 is 0 Å². The Bertz CT molecular complexity index is 412. The molecule has 0 bridgehead atoms. The molecule has 0 saturated heterocycles. The second kappa shape index (κ2) is 3.32. The Morgan fingerprint density at radius 2 is 1.93 bits per heavy atom. The molecular weight excluding hydrogens is 207 g/mol. The standard InChI is InChI=1S/C10H8F3NO/c11-10(12,13)9-4-2-6-1-3-7(15)5-8(6)14-9/h2,4H,1,3,5H2. The van der Waals surface area contributed by atoms with E-state index in [1.807, 2.05) is 0 Å². The Morgan fingerprint density at radius 1 is 1.20 bits per heavy atom. The van der Waals surface area contributed by atoms with Crippen LogP contribution in [0.2, 0.25) is 0 Å². The van der Waals surface area contributed by atoms with E-state index in [4.69, 9.17) is 0 Å². The van der Waals surface area contributed by atoms with Crippen molar-refractivity contribution in [1.82, 2.24) is 4.98 Å². The van der Waals surface area contributed by atoms with Gasteiger partial charge in [-0.1, -0.05) is 6.07 Å². The molecular formula is C10H8F3NO. The van der Waals surface area contributed by atoms with Gasteiger partial charge in [0.15, 0.2) is 0 Å². The SMILES string of the molecule is O=C1CCc2ccc(C(F)(F)F)nc2C1. The van der Waals surface area contributed by atoms with Crippen molar-refractivity contribution >= 4 is 5.78 Å². The Morgan fingerprint density at radius 3 is 2.60 bits per heavy atom. The summed E-state index contributed by atoms with van der Waals surface area (Å²) in [6.45, 7) is 0. The first kappa shape index (κ1) is 10.1. The zero-order chi connectivity index (χ0) is 11.1. The molecule has 1 aromatic heterocycles. The lowest BCUT2D eigenvalue weighted by Gasteiger charge is -2.15. The van der Waals surface area contributed by atoms with Crippen molar-refractivity contribution in [3.8, 4) is 0 Å². The predicted octanol–water partition coefficient (Wildman–Crippen LogP) is 2.16. The molecule has 1 aliphatic carbocycles. The molecule has 0 fully saturated rings. The van der Waals surface area contributed by atoms with E-state index in [-0.39, 0.29) is 17.9 Å². The van der Waals surface area contributed by atoms with Crippen LogP contribution in [0.3, 0.4) is 0 Å². The van der Waals surface area contributed by atoms with Gasteiger partial charge in [-0.15, -0.1) is 0 Å². The molecule has 5 heteroatoms. The van der Waals surface area contributed by atoms with Gasteiger partial charge in [-0.3, -0.25) is 4.79 Å². The van der Waals surface area contributed by atoms with Crippen molar-refractivity contribution in [1.29, 1.82) is 0 Å². The van der Waals surface area contributed by atoms with E-state index in [0.717, 1.165) is 11.6 Å². The molecule has 0 spiro atoms. The third-order valence-corrected chi connectivity index (χ3v) is 2.40. The number of fused-ring (bicyclic) bond motifs is 1. The van der Waals surface area contributed by atoms with E-state index in [9.17, 15) is 18.0 Å². The number of carbonyl (C=O) groups is 1. The third-order valence-electron chi connectivity index (χ3n) is 2.40. The Hall–Kier alpha value is -1.39.